The van der Waals surface area contributed by atoms with E-state index in [4.69, 9.17) is 4.42 Å². The number of hydrogen-bond acceptors (Lipinski definition) is 4. The van der Waals surface area contributed by atoms with Gasteiger partial charge in [0.05, 0.1) is 35.2 Å². The summed E-state index contributed by atoms with van der Waals surface area (Å²) in [5.41, 5.74) is 3.13. The maximum absolute atomic E-state index is 14.1. The van der Waals surface area contributed by atoms with Gasteiger partial charge in [0.1, 0.15) is 5.82 Å². The standard InChI is InChI=1S/C24H21FN4O2/c25-19-9-3-4-10-20(19)28-24(30)23-18(11-13-31-23)22-21(16-6-5-12-26-14-16)27-15-29(22)17-7-1-2-8-17/h3-6,9-15,17H,1-2,7-8H2,(H,28,30). The zero-order chi connectivity index (χ0) is 21.2. The van der Waals surface area contributed by atoms with Gasteiger partial charge in [0.2, 0.25) is 5.76 Å². The second-order valence-electron chi connectivity index (χ2n) is 7.63. The molecule has 1 aliphatic rings. The van der Waals surface area contributed by atoms with Crippen LogP contribution in [-0.4, -0.2) is 20.4 Å². The number of hydrogen-bond donors (Lipinski definition) is 1. The molecule has 0 spiro atoms. The van der Waals surface area contributed by atoms with Crippen LogP contribution in [0.2, 0.25) is 0 Å². The first-order valence-corrected chi connectivity index (χ1v) is 10.3. The van der Waals surface area contributed by atoms with Gasteiger partial charge in [-0.1, -0.05) is 25.0 Å². The van der Waals surface area contributed by atoms with Crippen molar-refractivity contribution >= 4 is 11.6 Å². The first-order chi connectivity index (χ1) is 15.2. The van der Waals surface area contributed by atoms with Gasteiger partial charge in [-0.25, -0.2) is 9.37 Å². The van der Waals surface area contributed by atoms with Crippen LogP contribution in [0.1, 0.15) is 42.3 Å². The first-order valence-electron chi connectivity index (χ1n) is 10.3. The number of carbonyl (C=O) groups is 1. The van der Waals surface area contributed by atoms with E-state index in [9.17, 15) is 9.18 Å². The van der Waals surface area contributed by atoms with E-state index in [1.54, 1.807) is 30.6 Å². The lowest BCUT2D eigenvalue weighted by atomic mass is 10.0. The zero-order valence-corrected chi connectivity index (χ0v) is 16.8. The van der Waals surface area contributed by atoms with E-state index in [0.29, 0.717) is 11.6 Å². The molecule has 1 fully saturated rings. The molecule has 156 valence electrons. The van der Waals surface area contributed by atoms with Crippen LogP contribution in [0, 0.1) is 5.82 Å². The summed E-state index contributed by atoms with van der Waals surface area (Å²) in [7, 11) is 0. The second-order valence-corrected chi connectivity index (χ2v) is 7.63. The van der Waals surface area contributed by atoms with Gasteiger partial charge in [0.25, 0.3) is 5.91 Å². The molecule has 6 nitrogen and oxygen atoms in total. The summed E-state index contributed by atoms with van der Waals surface area (Å²) in [6, 6.07) is 11.9. The number of para-hydroxylation sites is 1. The Balaban J connectivity index is 1.59. The highest BCUT2D eigenvalue weighted by atomic mass is 19.1. The molecule has 1 N–H and O–H groups in total. The predicted molar refractivity (Wildman–Crippen MR) is 115 cm³/mol. The van der Waals surface area contributed by atoms with E-state index in [1.807, 2.05) is 18.5 Å². The van der Waals surface area contributed by atoms with Gasteiger partial charge in [-0.15, -0.1) is 0 Å². The molecule has 1 aliphatic carbocycles. The molecular weight excluding hydrogens is 395 g/mol. The van der Waals surface area contributed by atoms with Crippen molar-refractivity contribution < 1.29 is 13.6 Å². The molecule has 4 aromatic rings. The van der Waals surface area contributed by atoms with Crippen molar-refractivity contribution in [1.82, 2.24) is 14.5 Å². The monoisotopic (exact) mass is 416 g/mol. The highest BCUT2D eigenvalue weighted by Crippen LogP contribution is 2.39. The first kappa shape index (κ1) is 19.2. The Hall–Kier alpha value is -3.74. The minimum atomic E-state index is -0.513. The molecule has 1 amide bonds. The Morgan fingerprint density at radius 3 is 2.74 bits per heavy atom. The molecule has 5 rings (SSSR count). The number of imidazole rings is 1. The Kier molecular flexibility index (Phi) is 5.08. The van der Waals surface area contributed by atoms with Gasteiger partial charge in [0.15, 0.2) is 0 Å². The lowest BCUT2D eigenvalue weighted by Crippen LogP contribution is -2.14. The normalized spacial score (nSPS) is 14.1. The number of rotatable bonds is 5. The Labute approximate surface area is 178 Å². The number of carbonyl (C=O) groups excluding carboxylic acids is 1. The largest absolute Gasteiger partial charge is 0.458 e. The Morgan fingerprint density at radius 1 is 1.13 bits per heavy atom. The van der Waals surface area contributed by atoms with Crippen molar-refractivity contribution in [3.8, 4) is 22.5 Å². The molecule has 0 unspecified atom stereocenters. The lowest BCUT2D eigenvalue weighted by Gasteiger charge is -2.16. The molecular formula is C24H21FN4O2. The average Bonchev–Trinajstić information content (AvgIpc) is 3.55. The molecule has 0 radical (unpaired) electrons. The van der Waals surface area contributed by atoms with Crippen molar-refractivity contribution in [1.29, 1.82) is 0 Å². The second kappa shape index (κ2) is 8.18. The van der Waals surface area contributed by atoms with Crippen molar-refractivity contribution in [3.05, 3.63) is 79.0 Å². The third-order valence-electron chi connectivity index (χ3n) is 5.70. The van der Waals surface area contributed by atoms with Gasteiger partial charge in [-0.05, 0) is 43.2 Å². The van der Waals surface area contributed by atoms with Crippen LogP contribution in [-0.2, 0) is 0 Å². The van der Waals surface area contributed by atoms with Crippen LogP contribution >= 0.6 is 0 Å². The summed E-state index contributed by atoms with van der Waals surface area (Å²) < 4.78 is 21.8. The maximum atomic E-state index is 14.1. The van der Waals surface area contributed by atoms with Gasteiger partial charge in [-0.2, -0.15) is 0 Å². The quantitative estimate of drug-likeness (QED) is 0.452. The fourth-order valence-corrected chi connectivity index (χ4v) is 4.21. The maximum Gasteiger partial charge on any atom is 0.292 e. The fraction of sp³-hybridized carbons (Fsp3) is 0.208. The highest BCUT2D eigenvalue weighted by Gasteiger charge is 2.28. The summed E-state index contributed by atoms with van der Waals surface area (Å²) in [6.07, 6.45) is 11.2. The molecule has 3 aromatic heterocycles. The molecule has 0 aliphatic heterocycles. The molecule has 0 saturated heterocycles. The smallest absolute Gasteiger partial charge is 0.292 e. The van der Waals surface area contributed by atoms with Crippen molar-refractivity contribution in [3.63, 3.8) is 0 Å². The van der Waals surface area contributed by atoms with Crippen LogP contribution in [0.25, 0.3) is 22.5 Å². The minimum Gasteiger partial charge on any atom is -0.458 e. The molecule has 31 heavy (non-hydrogen) atoms. The fourth-order valence-electron chi connectivity index (χ4n) is 4.21. The molecule has 7 heteroatoms. The van der Waals surface area contributed by atoms with Gasteiger partial charge >= 0.3 is 0 Å². The van der Waals surface area contributed by atoms with E-state index in [0.717, 1.165) is 42.6 Å². The Morgan fingerprint density at radius 2 is 1.97 bits per heavy atom. The summed E-state index contributed by atoms with van der Waals surface area (Å²) in [5.74, 6) is -0.898. The number of nitrogens with one attached hydrogen (secondary N) is 1. The van der Waals surface area contributed by atoms with Gasteiger partial charge < -0.3 is 14.3 Å². The van der Waals surface area contributed by atoms with Crippen LogP contribution in [0.15, 0.2) is 71.9 Å². The topological polar surface area (TPSA) is 73.0 Å². The SMILES string of the molecule is O=C(Nc1ccccc1F)c1occc1-c1c(-c2cccnc2)ncn1C1CCCC1. The summed E-state index contributed by atoms with van der Waals surface area (Å²) in [4.78, 5) is 21.9. The number of benzene rings is 1. The summed E-state index contributed by atoms with van der Waals surface area (Å²) >= 11 is 0. The van der Waals surface area contributed by atoms with Crippen molar-refractivity contribution in [2.45, 2.75) is 31.7 Å². The van der Waals surface area contributed by atoms with Crippen LogP contribution < -0.4 is 5.32 Å². The number of aromatic nitrogens is 3. The van der Waals surface area contributed by atoms with Crippen LogP contribution in [0.5, 0.6) is 0 Å². The third-order valence-corrected chi connectivity index (χ3v) is 5.70. The molecule has 0 atom stereocenters. The number of amides is 1. The van der Waals surface area contributed by atoms with Crippen LogP contribution in [0.4, 0.5) is 10.1 Å². The van der Waals surface area contributed by atoms with Crippen molar-refractivity contribution in [2.75, 3.05) is 5.32 Å². The number of anilines is 1. The zero-order valence-electron chi connectivity index (χ0n) is 16.8. The van der Waals surface area contributed by atoms with Crippen LogP contribution in [0.3, 0.4) is 0 Å². The number of pyridine rings is 1. The minimum absolute atomic E-state index is 0.103. The highest BCUT2D eigenvalue weighted by molar-refractivity contribution is 6.07. The van der Waals surface area contributed by atoms with E-state index in [-0.39, 0.29) is 11.4 Å². The molecule has 3 heterocycles. The van der Waals surface area contributed by atoms with Crippen molar-refractivity contribution in [2.24, 2.45) is 0 Å². The van der Waals surface area contributed by atoms with E-state index in [2.05, 4.69) is 19.9 Å². The average molecular weight is 416 g/mol. The predicted octanol–water partition coefficient (Wildman–Crippen LogP) is 5.71. The van der Waals surface area contributed by atoms with E-state index < -0.39 is 11.7 Å². The Bertz CT molecular complexity index is 1210. The molecule has 0 bridgehead atoms. The summed E-state index contributed by atoms with van der Waals surface area (Å²) in [5, 5.41) is 2.61. The number of halogens is 1. The lowest BCUT2D eigenvalue weighted by molar-refractivity contribution is 0.0997. The van der Waals surface area contributed by atoms with E-state index in [1.165, 1.54) is 18.4 Å². The summed E-state index contributed by atoms with van der Waals surface area (Å²) in [6.45, 7) is 0. The number of nitrogens with zero attached hydrogens (tertiary/aromatic N) is 3. The number of furan rings is 1. The van der Waals surface area contributed by atoms with E-state index >= 15 is 0 Å². The van der Waals surface area contributed by atoms with Gasteiger partial charge in [-0.3, -0.25) is 9.78 Å². The molecule has 1 saturated carbocycles. The third kappa shape index (κ3) is 3.63. The molecule has 1 aromatic carbocycles. The van der Waals surface area contributed by atoms with Gasteiger partial charge in [0, 0.05) is 24.0 Å².